The van der Waals surface area contributed by atoms with Gasteiger partial charge in [-0.2, -0.15) is 0 Å². The van der Waals surface area contributed by atoms with Crippen molar-refractivity contribution in [2.24, 2.45) is 5.92 Å². The van der Waals surface area contributed by atoms with Crippen molar-refractivity contribution in [1.29, 1.82) is 0 Å². The van der Waals surface area contributed by atoms with E-state index in [1.54, 1.807) is 0 Å². The molecule has 0 spiro atoms. The fourth-order valence-corrected chi connectivity index (χ4v) is 2.24. The molecule has 1 heterocycles. The first-order valence-electron chi connectivity index (χ1n) is 5.72. The van der Waals surface area contributed by atoms with E-state index in [1.165, 1.54) is 0 Å². The molecule has 1 rings (SSSR count). The molecule has 1 fully saturated rings. The largest absolute Gasteiger partial charge is 0.426 e. The van der Waals surface area contributed by atoms with Crippen LogP contribution in [0.1, 0.15) is 27.2 Å². The molecular weight excluding hydrogens is 210 g/mol. The van der Waals surface area contributed by atoms with Gasteiger partial charge >= 0.3 is 6.64 Å². The van der Waals surface area contributed by atoms with Gasteiger partial charge in [-0.05, 0) is 13.3 Å². The predicted molar refractivity (Wildman–Crippen MR) is 66.0 cm³/mol. The van der Waals surface area contributed by atoms with Gasteiger partial charge in [-0.25, -0.2) is 0 Å². The number of hydrogen-bond donors (Lipinski definition) is 1. The zero-order chi connectivity index (χ0) is 11.6. The van der Waals surface area contributed by atoms with Gasteiger partial charge in [0, 0.05) is 5.92 Å². The Kier molecular flexibility index (Phi) is 5.04. The van der Waals surface area contributed by atoms with Gasteiger partial charge in [0.25, 0.3) is 0 Å². The second-order valence-electron chi connectivity index (χ2n) is 4.44. The molecule has 0 aromatic heterocycles. The standard InChI is InChI=1S/C10H22BO3P/c1-5-8-9(12)10(14-11(4)15)6(2)7(3)13-8/h6-10,12H,5,15H2,1-4H3/t6?,7-,8?,9-,10+/m0/s1. The Labute approximate surface area is 95.2 Å². The number of aliphatic hydroxyl groups excluding tert-OH is 1. The molecule has 0 amide bonds. The van der Waals surface area contributed by atoms with E-state index in [9.17, 15) is 5.11 Å². The van der Waals surface area contributed by atoms with Gasteiger partial charge in [-0.15, -0.1) is 9.12 Å². The first kappa shape index (κ1) is 13.4. The van der Waals surface area contributed by atoms with E-state index in [2.05, 4.69) is 16.0 Å². The lowest BCUT2D eigenvalue weighted by atomic mass is 9.86. The van der Waals surface area contributed by atoms with E-state index in [0.29, 0.717) is 0 Å². The van der Waals surface area contributed by atoms with Crippen LogP contribution in [0.3, 0.4) is 0 Å². The number of aliphatic hydroxyl groups is 1. The second kappa shape index (κ2) is 5.63. The minimum atomic E-state index is -0.510. The highest BCUT2D eigenvalue weighted by atomic mass is 31.0. The molecule has 1 saturated heterocycles. The Balaban J connectivity index is 2.70. The first-order chi connectivity index (χ1) is 6.97. The highest BCUT2D eigenvalue weighted by Crippen LogP contribution is 2.30. The predicted octanol–water partition coefficient (Wildman–Crippen LogP) is 1.56. The van der Waals surface area contributed by atoms with Crippen LogP contribution in [0.25, 0.3) is 0 Å². The number of hydrogen-bond acceptors (Lipinski definition) is 3. The minimum absolute atomic E-state index is 0.0647. The normalized spacial score (nSPS) is 41.6. The van der Waals surface area contributed by atoms with Gasteiger partial charge in [0.05, 0.1) is 18.3 Å². The van der Waals surface area contributed by atoms with Gasteiger partial charge < -0.3 is 14.5 Å². The summed E-state index contributed by atoms with van der Waals surface area (Å²) in [6.45, 7) is 8.17. The van der Waals surface area contributed by atoms with E-state index in [1.807, 2.05) is 20.7 Å². The number of ether oxygens (including phenoxy) is 1. The van der Waals surface area contributed by atoms with Crippen molar-refractivity contribution in [2.75, 3.05) is 0 Å². The van der Waals surface area contributed by atoms with Gasteiger partial charge in [-0.3, -0.25) is 0 Å². The maximum absolute atomic E-state index is 10.1. The van der Waals surface area contributed by atoms with E-state index >= 15 is 0 Å². The van der Waals surface area contributed by atoms with E-state index < -0.39 is 6.10 Å². The summed E-state index contributed by atoms with van der Waals surface area (Å²) >= 11 is 0. The van der Waals surface area contributed by atoms with Crippen molar-refractivity contribution in [3.8, 4) is 0 Å². The highest BCUT2D eigenvalue weighted by molar-refractivity contribution is 7.60. The van der Waals surface area contributed by atoms with Crippen LogP contribution in [-0.2, 0) is 9.39 Å². The minimum Gasteiger partial charge on any atom is -0.426 e. The quantitative estimate of drug-likeness (QED) is 0.592. The van der Waals surface area contributed by atoms with Crippen molar-refractivity contribution in [3.63, 3.8) is 0 Å². The fraction of sp³-hybridized carbons (Fsp3) is 1.00. The zero-order valence-electron chi connectivity index (χ0n) is 10.0. The third-order valence-electron chi connectivity index (χ3n) is 3.14. The molecule has 0 radical (unpaired) electrons. The first-order valence-corrected chi connectivity index (χ1v) is 6.38. The van der Waals surface area contributed by atoms with Crippen LogP contribution in [0.4, 0.5) is 0 Å². The summed E-state index contributed by atoms with van der Waals surface area (Å²) < 4.78 is 11.5. The molecule has 0 aromatic rings. The monoisotopic (exact) mass is 232 g/mol. The Bertz CT molecular complexity index is 203. The average molecular weight is 232 g/mol. The molecule has 5 heteroatoms. The van der Waals surface area contributed by atoms with Gasteiger partial charge in [0.2, 0.25) is 0 Å². The van der Waals surface area contributed by atoms with E-state index in [-0.39, 0.29) is 30.9 Å². The average Bonchev–Trinajstić information content (AvgIpc) is 2.18. The summed E-state index contributed by atoms with van der Waals surface area (Å²) in [5.41, 5.74) is 0. The zero-order valence-corrected chi connectivity index (χ0v) is 11.2. The molecule has 3 unspecified atom stereocenters. The van der Waals surface area contributed by atoms with E-state index in [0.717, 1.165) is 6.42 Å². The summed E-state index contributed by atoms with van der Waals surface area (Å²) in [4.78, 5) is 0. The van der Waals surface area contributed by atoms with Crippen molar-refractivity contribution in [3.05, 3.63) is 0 Å². The van der Waals surface area contributed by atoms with Crippen LogP contribution in [0.5, 0.6) is 0 Å². The molecule has 1 aliphatic heterocycles. The Morgan fingerprint density at radius 2 is 2.07 bits per heavy atom. The summed E-state index contributed by atoms with van der Waals surface area (Å²) in [7, 11) is 2.60. The maximum Gasteiger partial charge on any atom is 0.312 e. The van der Waals surface area contributed by atoms with Crippen LogP contribution < -0.4 is 0 Å². The molecule has 3 nitrogen and oxygen atoms in total. The van der Waals surface area contributed by atoms with Crippen molar-refractivity contribution >= 4 is 15.8 Å². The topological polar surface area (TPSA) is 38.7 Å². The smallest absolute Gasteiger partial charge is 0.312 e. The third kappa shape index (κ3) is 3.16. The second-order valence-corrected chi connectivity index (χ2v) is 5.38. The lowest BCUT2D eigenvalue weighted by Gasteiger charge is -2.43. The molecule has 6 atom stereocenters. The van der Waals surface area contributed by atoms with Crippen LogP contribution >= 0.6 is 9.12 Å². The molecule has 0 saturated carbocycles. The fourth-order valence-electron chi connectivity index (χ4n) is 2.06. The molecule has 15 heavy (non-hydrogen) atoms. The van der Waals surface area contributed by atoms with Crippen molar-refractivity contribution in [2.45, 2.75) is 58.4 Å². The molecule has 0 bridgehead atoms. The molecule has 88 valence electrons. The Morgan fingerprint density at radius 1 is 1.47 bits per heavy atom. The summed E-state index contributed by atoms with van der Waals surface area (Å²) in [6, 6.07) is 0. The van der Waals surface area contributed by atoms with Crippen molar-refractivity contribution in [1.82, 2.24) is 0 Å². The van der Waals surface area contributed by atoms with Crippen LogP contribution in [0.2, 0.25) is 6.82 Å². The maximum atomic E-state index is 10.1. The lowest BCUT2D eigenvalue weighted by Crippen LogP contribution is -2.54. The molecule has 0 aromatic carbocycles. The third-order valence-corrected chi connectivity index (χ3v) is 3.30. The molecule has 1 aliphatic rings. The van der Waals surface area contributed by atoms with Crippen LogP contribution in [0.15, 0.2) is 0 Å². The molecule has 0 aliphatic carbocycles. The van der Waals surface area contributed by atoms with Crippen molar-refractivity contribution < 1.29 is 14.5 Å². The van der Waals surface area contributed by atoms with Crippen LogP contribution in [-0.4, -0.2) is 36.2 Å². The number of rotatable bonds is 3. The van der Waals surface area contributed by atoms with Gasteiger partial charge in [0.15, 0.2) is 0 Å². The summed E-state index contributed by atoms with van der Waals surface area (Å²) in [5.74, 6) is 0.228. The molecule has 1 N–H and O–H groups in total. The lowest BCUT2D eigenvalue weighted by molar-refractivity contribution is -0.184. The van der Waals surface area contributed by atoms with Gasteiger partial charge in [-0.1, -0.05) is 20.7 Å². The Morgan fingerprint density at radius 3 is 2.53 bits per heavy atom. The van der Waals surface area contributed by atoms with Gasteiger partial charge in [0.1, 0.15) is 6.10 Å². The summed E-state index contributed by atoms with van der Waals surface area (Å²) in [5, 5.41) is 10.1. The molecular formula is C10H22BO3P. The van der Waals surface area contributed by atoms with Crippen LogP contribution in [0, 0.1) is 5.92 Å². The Hall–Kier alpha value is 0.375. The summed E-state index contributed by atoms with van der Waals surface area (Å²) in [6.07, 6.45) is 0.246. The highest BCUT2D eigenvalue weighted by Gasteiger charge is 2.41. The van der Waals surface area contributed by atoms with E-state index in [4.69, 9.17) is 9.39 Å². The SMILES string of the molecule is CCC1O[C@@H](C)C(C)[C@@H](OB(C)P)[C@H]1O.